The third-order valence-corrected chi connectivity index (χ3v) is 2.17. The molecule has 1 amide bonds. The Morgan fingerprint density at radius 3 is 3.20 bits per heavy atom. The minimum absolute atomic E-state index is 0.00820. The van der Waals surface area contributed by atoms with Gasteiger partial charge in [0, 0.05) is 12.6 Å². The average molecular weight is 203 g/mol. The molecular formula is C11H13N3O. The first kappa shape index (κ1) is 9.71. The highest BCUT2D eigenvalue weighted by Gasteiger charge is 2.05. The van der Waals surface area contributed by atoms with E-state index in [2.05, 4.69) is 10.3 Å². The van der Waals surface area contributed by atoms with Gasteiger partial charge >= 0.3 is 0 Å². The lowest BCUT2D eigenvalue weighted by molar-refractivity contribution is -0.116. The fraction of sp³-hybridized carbons (Fsp3) is 0.273. The Hall–Kier alpha value is -1.84. The van der Waals surface area contributed by atoms with Crippen LogP contribution in [-0.4, -0.2) is 15.3 Å². The van der Waals surface area contributed by atoms with E-state index in [1.54, 1.807) is 6.20 Å². The van der Waals surface area contributed by atoms with Crippen LogP contribution in [0, 0.1) is 0 Å². The molecule has 78 valence electrons. The van der Waals surface area contributed by atoms with Gasteiger partial charge in [-0.25, -0.2) is 4.98 Å². The SMILES string of the molecule is CCCC(=O)Nc1ncc2ccccn12. The van der Waals surface area contributed by atoms with Gasteiger partial charge < -0.3 is 0 Å². The van der Waals surface area contributed by atoms with Crippen molar-refractivity contribution in [3.63, 3.8) is 0 Å². The molecule has 2 aromatic heterocycles. The molecule has 0 bridgehead atoms. The number of pyridine rings is 1. The Morgan fingerprint density at radius 2 is 2.40 bits per heavy atom. The zero-order valence-corrected chi connectivity index (χ0v) is 8.60. The van der Waals surface area contributed by atoms with Crippen LogP contribution in [0.15, 0.2) is 30.6 Å². The predicted octanol–water partition coefficient (Wildman–Crippen LogP) is 2.07. The summed E-state index contributed by atoms with van der Waals surface area (Å²) in [5.74, 6) is 0.595. The Labute approximate surface area is 87.9 Å². The number of nitrogens with one attached hydrogen (secondary N) is 1. The zero-order valence-electron chi connectivity index (χ0n) is 8.60. The molecule has 1 N–H and O–H groups in total. The lowest BCUT2D eigenvalue weighted by Gasteiger charge is -2.02. The maximum absolute atomic E-state index is 11.4. The Balaban J connectivity index is 2.25. The van der Waals surface area contributed by atoms with Crippen molar-refractivity contribution in [2.24, 2.45) is 0 Å². The average Bonchev–Trinajstić information content (AvgIpc) is 2.62. The fourth-order valence-electron chi connectivity index (χ4n) is 1.45. The van der Waals surface area contributed by atoms with Crippen molar-refractivity contribution in [3.05, 3.63) is 30.6 Å². The first-order chi connectivity index (χ1) is 7.31. The lowest BCUT2D eigenvalue weighted by atomic mass is 10.3. The quantitative estimate of drug-likeness (QED) is 0.830. The first-order valence-electron chi connectivity index (χ1n) is 5.03. The zero-order chi connectivity index (χ0) is 10.7. The Kier molecular flexibility index (Phi) is 2.67. The molecule has 2 rings (SSSR count). The van der Waals surface area contributed by atoms with E-state index < -0.39 is 0 Å². The second-order valence-corrected chi connectivity index (χ2v) is 3.38. The summed E-state index contributed by atoms with van der Waals surface area (Å²) in [4.78, 5) is 15.5. The van der Waals surface area contributed by atoms with Crippen LogP contribution in [0.5, 0.6) is 0 Å². The van der Waals surface area contributed by atoms with Gasteiger partial charge in [0.15, 0.2) is 0 Å². The minimum atomic E-state index is 0.00820. The monoisotopic (exact) mass is 203 g/mol. The van der Waals surface area contributed by atoms with Gasteiger partial charge in [-0.2, -0.15) is 0 Å². The summed E-state index contributed by atoms with van der Waals surface area (Å²) >= 11 is 0. The summed E-state index contributed by atoms with van der Waals surface area (Å²) in [5, 5.41) is 2.78. The molecule has 0 aliphatic rings. The van der Waals surface area contributed by atoms with E-state index in [0.717, 1.165) is 11.9 Å². The normalized spacial score (nSPS) is 10.5. The molecule has 15 heavy (non-hydrogen) atoms. The van der Waals surface area contributed by atoms with Crippen LogP contribution < -0.4 is 5.32 Å². The summed E-state index contributed by atoms with van der Waals surface area (Å²) in [6.07, 6.45) is 4.99. The molecule has 4 heteroatoms. The number of rotatable bonds is 3. The highest BCUT2D eigenvalue weighted by Crippen LogP contribution is 2.10. The van der Waals surface area contributed by atoms with E-state index in [0.29, 0.717) is 12.4 Å². The molecule has 2 heterocycles. The van der Waals surface area contributed by atoms with Gasteiger partial charge in [-0.15, -0.1) is 0 Å². The maximum Gasteiger partial charge on any atom is 0.226 e. The number of carbonyl (C=O) groups excluding carboxylic acids is 1. The van der Waals surface area contributed by atoms with Gasteiger partial charge in [-0.3, -0.25) is 14.5 Å². The van der Waals surface area contributed by atoms with Crippen molar-refractivity contribution < 1.29 is 4.79 Å². The second-order valence-electron chi connectivity index (χ2n) is 3.38. The number of carbonyl (C=O) groups is 1. The summed E-state index contributed by atoms with van der Waals surface area (Å²) in [6.45, 7) is 1.98. The molecule has 0 fully saturated rings. The van der Waals surface area contributed by atoms with Gasteiger partial charge in [-0.1, -0.05) is 13.0 Å². The van der Waals surface area contributed by atoms with Crippen LogP contribution in [0.1, 0.15) is 19.8 Å². The highest BCUT2D eigenvalue weighted by atomic mass is 16.1. The van der Waals surface area contributed by atoms with Crippen LogP contribution in [0.2, 0.25) is 0 Å². The van der Waals surface area contributed by atoms with Gasteiger partial charge in [0.25, 0.3) is 0 Å². The summed E-state index contributed by atoms with van der Waals surface area (Å²) in [6, 6.07) is 5.79. The predicted molar refractivity (Wildman–Crippen MR) is 58.7 cm³/mol. The topological polar surface area (TPSA) is 46.4 Å². The van der Waals surface area contributed by atoms with Crippen LogP contribution in [0.3, 0.4) is 0 Å². The number of amides is 1. The van der Waals surface area contributed by atoms with Crippen molar-refractivity contribution in [3.8, 4) is 0 Å². The number of nitrogens with zero attached hydrogens (tertiary/aromatic N) is 2. The van der Waals surface area contributed by atoms with E-state index in [-0.39, 0.29) is 5.91 Å². The smallest absolute Gasteiger partial charge is 0.226 e. The summed E-state index contributed by atoms with van der Waals surface area (Å²) in [7, 11) is 0. The third-order valence-electron chi connectivity index (χ3n) is 2.17. The van der Waals surface area contributed by atoms with Crippen molar-refractivity contribution >= 4 is 17.4 Å². The molecule has 0 radical (unpaired) electrons. The van der Waals surface area contributed by atoms with Gasteiger partial charge in [0.2, 0.25) is 11.9 Å². The van der Waals surface area contributed by atoms with Gasteiger partial charge in [0.1, 0.15) is 0 Å². The van der Waals surface area contributed by atoms with E-state index in [1.165, 1.54) is 0 Å². The molecule has 0 aliphatic heterocycles. The van der Waals surface area contributed by atoms with Crippen molar-refractivity contribution in [2.45, 2.75) is 19.8 Å². The fourth-order valence-corrected chi connectivity index (χ4v) is 1.45. The van der Waals surface area contributed by atoms with Crippen LogP contribution in [0.4, 0.5) is 5.95 Å². The highest BCUT2D eigenvalue weighted by molar-refractivity contribution is 5.89. The summed E-state index contributed by atoms with van der Waals surface area (Å²) in [5.41, 5.74) is 0.976. The number of hydrogen-bond donors (Lipinski definition) is 1. The standard InChI is InChI=1S/C11H13N3O/c1-2-5-10(15)13-11-12-8-9-6-3-4-7-14(9)11/h3-4,6-8H,2,5H2,1H3,(H,12,13,15). The molecule has 0 saturated heterocycles. The molecule has 2 aromatic rings. The first-order valence-corrected chi connectivity index (χ1v) is 5.03. The Bertz CT molecular complexity index is 475. The lowest BCUT2D eigenvalue weighted by Crippen LogP contribution is -2.12. The molecule has 4 nitrogen and oxygen atoms in total. The minimum Gasteiger partial charge on any atom is -0.296 e. The number of aromatic nitrogens is 2. The number of anilines is 1. The van der Waals surface area contributed by atoms with Crippen molar-refractivity contribution in [2.75, 3.05) is 5.32 Å². The van der Waals surface area contributed by atoms with Gasteiger partial charge in [-0.05, 0) is 18.6 Å². The molecule has 0 spiro atoms. The van der Waals surface area contributed by atoms with E-state index in [9.17, 15) is 4.79 Å². The van der Waals surface area contributed by atoms with Crippen molar-refractivity contribution in [1.82, 2.24) is 9.38 Å². The maximum atomic E-state index is 11.4. The largest absolute Gasteiger partial charge is 0.296 e. The Morgan fingerprint density at radius 1 is 1.53 bits per heavy atom. The second kappa shape index (κ2) is 4.13. The van der Waals surface area contributed by atoms with Crippen LogP contribution in [0.25, 0.3) is 5.52 Å². The molecule has 0 aromatic carbocycles. The molecule has 0 saturated carbocycles. The number of imidazole rings is 1. The molecule has 0 aliphatic carbocycles. The van der Waals surface area contributed by atoms with Crippen LogP contribution >= 0.6 is 0 Å². The van der Waals surface area contributed by atoms with Crippen LogP contribution in [-0.2, 0) is 4.79 Å². The molecular weight excluding hydrogens is 190 g/mol. The van der Waals surface area contributed by atoms with E-state index in [1.807, 2.05) is 35.7 Å². The third kappa shape index (κ3) is 1.98. The summed E-state index contributed by atoms with van der Waals surface area (Å²) < 4.78 is 1.85. The number of hydrogen-bond acceptors (Lipinski definition) is 2. The van der Waals surface area contributed by atoms with Gasteiger partial charge in [0.05, 0.1) is 11.7 Å². The number of fused-ring (bicyclic) bond motifs is 1. The molecule has 0 unspecified atom stereocenters. The molecule has 0 atom stereocenters. The van der Waals surface area contributed by atoms with E-state index >= 15 is 0 Å². The van der Waals surface area contributed by atoms with E-state index in [4.69, 9.17) is 0 Å². The van der Waals surface area contributed by atoms with Crippen molar-refractivity contribution in [1.29, 1.82) is 0 Å².